The summed E-state index contributed by atoms with van der Waals surface area (Å²) in [6, 6.07) is 3.99. The van der Waals surface area contributed by atoms with Crippen molar-refractivity contribution in [2.75, 3.05) is 20.1 Å². The van der Waals surface area contributed by atoms with Crippen LogP contribution in [-0.2, 0) is 6.54 Å². The summed E-state index contributed by atoms with van der Waals surface area (Å²) >= 11 is 7.41. The van der Waals surface area contributed by atoms with Crippen LogP contribution in [0.4, 0.5) is 0 Å². The van der Waals surface area contributed by atoms with Gasteiger partial charge in [0.25, 0.3) is 0 Å². The Balaban J connectivity index is 2.15. The Bertz CT molecular complexity index is 225. The Morgan fingerprint density at radius 3 is 2.83 bits per heavy atom. The number of hydrogen-bond donors (Lipinski definition) is 2. The van der Waals surface area contributed by atoms with E-state index in [9.17, 15) is 0 Å². The van der Waals surface area contributed by atoms with Gasteiger partial charge in [0.1, 0.15) is 0 Å². The topological polar surface area (TPSA) is 24.1 Å². The number of halogens is 1. The molecule has 0 fully saturated rings. The molecule has 0 aromatic carbocycles. The Hall–Kier alpha value is -0.0900. The van der Waals surface area contributed by atoms with E-state index in [1.54, 1.807) is 11.3 Å². The Morgan fingerprint density at radius 1 is 1.42 bits per heavy atom. The van der Waals surface area contributed by atoms with Gasteiger partial charge in [0, 0.05) is 24.5 Å². The van der Waals surface area contributed by atoms with Crippen molar-refractivity contribution in [3.63, 3.8) is 0 Å². The van der Waals surface area contributed by atoms with Crippen molar-refractivity contribution in [1.82, 2.24) is 10.6 Å². The maximum absolute atomic E-state index is 5.78. The van der Waals surface area contributed by atoms with Gasteiger partial charge in [-0.15, -0.1) is 11.3 Å². The van der Waals surface area contributed by atoms with Gasteiger partial charge in [-0.05, 0) is 19.2 Å². The Morgan fingerprint density at radius 2 is 2.25 bits per heavy atom. The van der Waals surface area contributed by atoms with Crippen molar-refractivity contribution < 1.29 is 0 Å². The molecule has 2 nitrogen and oxygen atoms in total. The van der Waals surface area contributed by atoms with E-state index in [2.05, 4.69) is 16.7 Å². The van der Waals surface area contributed by atoms with Crippen molar-refractivity contribution >= 4 is 22.9 Å². The Labute approximate surface area is 81.9 Å². The largest absolute Gasteiger partial charge is 0.318 e. The van der Waals surface area contributed by atoms with Crippen LogP contribution in [0.5, 0.6) is 0 Å². The highest BCUT2D eigenvalue weighted by Crippen LogP contribution is 2.20. The van der Waals surface area contributed by atoms with E-state index in [-0.39, 0.29) is 0 Å². The average Bonchev–Trinajstić information content (AvgIpc) is 2.45. The second-order valence-electron chi connectivity index (χ2n) is 2.49. The highest BCUT2D eigenvalue weighted by molar-refractivity contribution is 7.16. The average molecular weight is 205 g/mol. The quantitative estimate of drug-likeness (QED) is 0.714. The van der Waals surface area contributed by atoms with E-state index in [1.165, 1.54) is 4.88 Å². The Kier molecular flexibility index (Phi) is 4.61. The third-order valence-electron chi connectivity index (χ3n) is 1.48. The second-order valence-corrected chi connectivity index (χ2v) is 4.29. The summed E-state index contributed by atoms with van der Waals surface area (Å²) in [4.78, 5) is 1.29. The molecule has 0 aliphatic rings. The lowest BCUT2D eigenvalue weighted by atomic mass is 10.4. The minimum atomic E-state index is 0.861. The fourth-order valence-corrected chi connectivity index (χ4v) is 1.93. The van der Waals surface area contributed by atoms with Crippen LogP contribution in [0.25, 0.3) is 0 Å². The van der Waals surface area contributed by atoms with E-state index in [0.717, 1.165) is 24.0 Å². The standard InChI is InChI=1S/C8H13ClN2S/c1-10-4-5-11-6-7-2-3-8(9)12-7/h2-3,10-11H,4-6H2,1H3. The summed E-state index contributed by atoms with van der Waals surface area (Å²) in [5, 5.41) is 6.38. The number of nitrogens with one attached hydrogen (secondary N) is 2. The zero-order chi connectivity index (χ0) is 8.81. The monoisotopic (exact) mass is 204 g/mol. The van der Waals surface area contributed by atoms with Gasteiger partial charge in [0.2, 0.25) is 0 Å². The van der Waals surface area contributed by atoms with Crippen LogP contribution in [-0.4, -0.2) is 20.1 Å². The fourth-order valence-electron chi connectivity index (χ4n) is 0.872. The molecule has 68 valence electrons. The molecular formula is C8H13ClN2S. The minimum Gasteiger partial charge on any atom is -0.318 e. The molecule has 12 heavy (non-hydrogen) atoms. The molecule has 0 spiro atoms. The molecule has 0 saturated carbocycles. The van der Waals surface area contributed by atoms with Crippen LogP contribution >= 0.6 is 22.9 Å². The number of hydrogen-bond acceptors (Lipinski definition) is 3. The van der Waals surface area contributed by atoms with E-state index in [0.29, 0.717) is 0 Å². The summed E-state index contributed by atoms with van der Waals surface area (Å²) in [7, 11) is 1.95. The molecule has 0 unspecified atom stereocenters. The predicted octanol–water partition coefficient (Wildman–Crippen LogP) is 1.71. The molecule has 0 amide bonds. The zero-order valence-electron chi connectivity index (χ0n) is 7.06. The third-order valence-corrected chi connectivity index (χ3v) is 2.71. The SMILES string of the molecule is CNCCNCc1ccc(Cl)s1. The summed E-state index contributed by atoms with van der Waals surface area (Å²) in [5.41, 5.74) is 0. The van der Waals surface area contributed by atoms with E-state index < -0.39 is 0 Å². The second kappa shape index (κ2) is 5.54. The summed E-state index contributed by atoms with van der Waals surface area (Å²) in [5.74, 6) is 0. The summed E-state index contributed by atoms with van der Waals surface area (Å²) < 4.78 is 0.861. The molecule has 2 N–H and O–H groups in total. The van der Waals surface area contributed by atoms with E-state index >= 15 is 0 Å². The number of likely N-dealkylation sites (N-methyl/N-ethyl adjacent to an activating group) is 1. The fraction of sp³-hybridized carbons (Fsp3) is 0.500. The predicted molar refractivity (Wildman–Crippen MR) is 55.0 cm³/mol. The van der Waals surface area contributed by atoms with Gasteiger partial charge in [-0.25, -0.2) is 0 Å². The highest BCUT2D eigenvalue weighted by Gasteiger charge is 1.95. The summed E-state index contributed by atoms with van der Waals surface area (Å²) in [6.45, 7) is 2.91. The van der Waals surface area contributed by atoms with Crippen molar-refractivity contribution in [3.8, 4) is 0 Å². The van der Waals surface area contributed by atoms with Crippen LogP contribution in [0.2, 0.25) is 4.34 Å². The van der Waals surface area contributed by atoms with Gasteiger partial charge in [0.05, 0.1) is 4.34 Å². The molecule has 1 aromatic rings. The third kappa shape index (κ3) is 3.54. The van der Waals surface area contributed by atoms with Gasteiger partial charge < -0.3 is 10.6 Å². The molecule has 0 aliphatic heterocycles. The smallest absolute Gasteiger partial charge is 0.0931 e. The van der Waals surface area contributed by atoms with Gasteiger partial charge in [-0.1, -0.05) is 11.6 Å². The molecule has 0 saturated heterocycles. The van der Waals surface area contributed by atoms with E-state index in [1.807, 2.05) is 13.1 Å². The molecule has 1 heterocycles. The molecule has 0 atom stereocenters. The first-order chi connectivity index (χ1) is 5.83. The van der Waals surface area contributed by atoms with Gasteiger partial charge >= 0.3 is 0 Å². The molecule has 1 rings (SSSR count). The van der Waals surface area contributed by atoms with Gasteiger partial charge in [-0.3, -0.25) is 0 Å². The molecule has 4 heteroatoms. The van der Waals surface area contributed by atoms with Gasteiger partial charge in [-0.2, -0.15) is 0 Å². The lowest BCUT2D eigenvalue weighted by Crippen LogP contribution is -2.24. The van der Waals surface area contributed by atoms with Crippen molar-refractivity contribution in [3.05, 3.63) is 21.3 Å². The molecular weight excluding hydrogens is 192 g/mol. The van der Waals surface area contributed by atoms with E-state index in [4.69, 9.17) is 11.6 Å². The van der Waals surface area contributed by atoms with Crippen molar-refractivity contribution in [1.29, 1.82) is 0 Å². The van der Waals surface area contributed by atoms with Crippen LogP contribution in [0, 0.1) is 0 Å². The van der Waals surface area contributed by atoms with Crippen LogP contribution in [0.3, 0.4) is 0 Å². The maximum Gasteiger partial charge on any atom is 0.0931 e. The first-order valence-electron chi connectivity index (χ1n) is 3.92. The van der Waals surface area contributed by atoms with Crippen molar-refractivity contribution in [2.24, 2.45) is 0 Å². The molecule has 0 bridgehead atoms. The van der Waals surface area contributed by atoms with Gasteiger partial charge in [0.15, 0.2) is 0 Å². The van der Waals surface area contributed by atoms with Crippen LogP contribution in [0.15, 0.2) is 12.1 Å². The first kappa shape index (κ1) is 9.99. The highest BCUT2D eigenvalue weighted by atomic mass is 35.5. The lowest BCUT2D eigenvalue weighted by Gasteiger charge is -2.00. The normalized spacial score (nSPS) is 10.5. The molecule has 0 aliphatic carbocycles. The zero-order valence-corrected chi connectivity index (χ0v) is 8.63. The lowest BCUT2D eigenvalue weighted by molar-refractivity contribution is 0.655. The number of thiophene rings is 1. The first-order valence-corrected chi connectivity index (χ1v) is 5.12. The molecule has 1 aromatic heterocycles. The maximum atomic E-state index is 5.78. The molecule has 0 radical (unpaired) electrons. The van der Waals surface area contributed by atoms with Crippen LogP contribution in [0.1, 0.15) is 4.88 Å². The number of rotatable bonds is 5. The minimum absolute atomic E-state index is 0.861. The van der Waals surface area contributed by atoms with Crippen LogP contribution < -0.4 is 10.6 Å². The van der Waals surface area contributed by atoms with Crippen molar-refractivity contribution in [2.45, 2.75) is 6.54 Å². The summed E-state index contributed by atoms with van der Waals surface area (Å²) in [6.07, 6.45) is 0.